The number of rotatable bonds is 5. The summed E-state index contributed by atoms with van der Waals surface area (Å²) in [5, 5.41) is 10.3. The molecule has 0 aromatic carbocycles. The molecule has 0 unspecified atom stereocenters. The molecule has 0 bridgehead atoms. The average molecular weight is 381 g/mol. The monoisotopic (exact) mass is 380 g/mol. The zero-order valence-electron chi connectivity index (χ0n) is 9.37. The maximum absolute atomic E-state index is 12.0. The largest absolute Gasteiger partial charge is 0.405 e. The average Bonchev–Trinajstić information content (AvgIpc) is 2.93. The van der Waals surface area contributed by atoms with Crippen molar-refractivity contribution in [1.82, 2.24) is 14.6 Å². The van der Waals surface area contributed by atoms with Gasteiger partial charge in [0, 0.05) is 5.75 Å². The number of nitrogens with one attached hydrogen (secondary N) is 1. The summed E-state index contributed by atoms with van der Waals surface area (Å²) in [6, 6.07) is 0. The lowest BCUT2D eigenvalue weighted by Crippen LogP contribution is -2.21. The lowest BCUT2D eigenvalue weighted by atomic mass is 10.5. The minimum absolute atomic E-state index is 0.123. The number of anilines is 1. The maximum Gasteiger partial charge on any atom is 0.405 e. The van der Waals surface area contributed by atoms with Crippen LogP contribution < -0.4 is 5.32 Å². The minimum atomic E-state index is -4.29. The first-order chi connectivity index (χ1) is 9.35. The molecule has 0 saturated carbocycles. The molecule has 0 radical (unpaired) electrons. The molecule has 2 aromatic rings. The molecule has 0 aliphatic heterocycles. The summed E-state index contributed by atoms with van der Waals surface area (Å²) >= 11 is 15.2. The van der Waals surface area contributed by atoms with E-state index in [1.165, 1.54) is 23.3 Å². The first kappa shape index (κ1) is 16.1. The molecule has 0 atom stereocenters. The normalized spacial score (nSPS) is 11.8. The first-order valence-electron chi connectivity index (χ1n) is 4.91. The quantitative estimate of drug-likeness (QED) is 0.769. The number of aromatic nitrogens is 3. The number of nitrogens with zero attached hydrogens (tertiary/aromatic N) is 3. The van der Waals surface area contributed by atoms with E-state index in [-0.39, 0.29) is 10.3 Å². The maximum atomic E-state index is 12.0. The number of thioether (sulfide) groups is 1. The van der Waals surface area contributed by atoms with Gasteiger partial charge in [-0.05, 0) is 11.5 Å². The molecule has 0 spiro atoms. The first-order valence-corrected chi connectivity index (χ1v) is 8.25. The van der Waals surface area contributed by atoms with Crippen LogP contribution in [0, 0.1) is 0 Å². The van der Waals surface area contributed by atoms with Crippen LogP contribution in [0.4, 0.5) is 18.3 Å². The molecule has 1 N–H and O–H groups in total. The van der Waals surface area contributed by atoms with Crippen molar-refractivity contribution in [2.75, 3.05) is 11.9 Å². The third kappa shape index (κ3) is 4.62. The van der Waals surface area contributed by atoms with Crippen LogP contribution in [0.25, 0.3) is 0 Å². The van der Waals surface area contributed by atoms with Crippen LogP contribution in [0.1, 0.15) is 4.88 Å². The van der Waals surface area contributed by atoms with Crippen molar-refractivity contribution in [3.05, 3.63) is 15.1 Å². The lowest BCUT2D eigenvalue weighted by molar-refractivity contribution is -0.115. The van der Waals surface area contributed by atoms with Gasteiger partial charge in [0.1, 0.15) is 6.54 Å². The highest BCUT2D eigenvalue weighted by atomic mass is 35.5. The minimum Gasteiger partial charge on any atom is -0.351 e. The van der Waals surface area contributed by atoms with Crippen molar-refractivity contribution in [3.63, 3.8) is 0 Å². The summed E-state index contributed by atoms with van der Waals surface area (Å²) < 4.78 is 40.5. The van der Waals surface area contributed by atoms with Gasteiger partial charge in [0.2, 0.25) is 5.13 Å². The van der Waals surface area contributed by atoms with E-state index in [0.29, 0.717) is 15.1 Å². The highest BCUT2D eigenvalue weighted by Gasteiger charge is 2.27. The number of alkyl halides is 3. The molecule has 0 aliphatic rings. The summed E-state index contributed by atoms with van der Waals surface area (Å²) in [5.41, 5.74) is 0. The van der Waals surface area contributed by atoms with Crippen LogP contribution in [0.15, 0.2) is 4.34 Å². The second-order valence-corrected chi connectivity index (χ2v) is 7.13. The molecule has 2 aromatic heterocycles. The van der Waals surface area contributed by atoms with Crippen molar-refractivity contribution < 1.29 is 13.2 Å². The van der Waals surface area contributed by atoms with Crippen LogP contribution in [-0.4, -0.2) is 27.3 Å². The predicted molar refractivity (Wildman–Crippen MR) is 76.1 cm³/mol. The molecule has 0 fully saturated rings. The van der Waals surface area contributed by atoms with Crippen LogP contribution in [0.3, 0.4) is 0 Å². The van der Waals surface area contributed by atoms with Crippen LogP contribution >= 0.6 is 57.8 Å². The zero-order chi connectivity index (χ0) is 14.8. The molecular weight excluding hydrogens is 376 g/mol. The molecular formula is C8H5Cl2F3N4S3. The van der Waals surface area contributed by atoms with Crippen molar-refractivity contribution >= 4 is 63.0 Å². The van der Waals surface area contributed by atoms with E-state index >= 15 is 0 Å². The van der Waals surface area contributed by atoms with Crippen LogP contribution in [0.2, 0.25) is 10.2 Å². The predicted octanol–water partition coefficient (Wildman–Crippen LogP) is 4.57. The lowest BCUT2D eigenvalue weighted by Gasteiger charge is -2.05. The van der Waals surface area contributed by atoms with Gasteiger partial charge in [-0.3, -0.25) is 0 Å². The molecule has 110 valence electrons. The van der Waals surface area contributed by atoms with Gasteiger partial charge in [0.05, 0.1) is 9.90 Å². The summed E-state index contributed by atoms with van der Waals surface area (Å²) in [6.07, 6.45) is -4.29. The summed E-state index contributed by atoms with van der Waals surface area (Å²) in [4.78, 5) is 0.779. The van der Waals surface area contributed by atoms with Gasteiger partial charge in [-0.2, -0.15) is 17.5 Å². The Morgan fingerprint density at radius 1 is 1.25 bits per heavy atom. The highest BCUT2D eigenvalue weighted by molar-refractivity contribution is 8.00. The Morgan fingerprint density at radius 3 is 2.60 bits per heavy atom. The van der Waals surface area contributed by atoms with E-state index in [0.717, 1.165) is 16.2 Å². The molecule has 12 heteroatoms. The Labute approximate surface area is 133 Å². The third-order valence-corrected chi connectivity index (χ3v) is 5.89. The molecule has 20 heavy (non-hydrogen) atoms. The Bertz CT molecular complexity index is 586. The molecule has 0 amide bonds. The smallest absolute Gasteiger partial charge is 0.351 e. The Kier molecular flexibility index (Phi) is 5.35. The summed E-state index contributed by atoms with van der Waals surface area (Å²) in [7, 11) is 0. The molecule has 0 aliphatic carbocycles. The van der Waals surface area contributed by atoms with Gasteiger partial charge in [-0.15, -0.1) is 10.2 Å². The second-order valence-electron chi connectivity index (χ2n) is 3.34. The van der Waals surface area contributed by atoms with E-state index < -0.39 is 12.7 Å². The highest BCUT2D eigenvalue weighted by Crippen LogP contribution is 2.35. The van der Waals surface area contributed by atoms with E-state index in [2.05, 4.69) is 19.9 Å². The van der Waals surface area contributed by atoms with Gasteiger partial charge in [-0.1, -0.05) is 46.3 Å². The third-order valence-electron chi connectivity index (χ3n) is 1.84. The number of halogens is 5. The fourth-order valence-corrected chi connectivity index (χ4v) is 4.10. The Morgan fingerprint density at radius 2 is 2.00 bits per heavy atom. The van der Waals surface area contributed by atoms with Crippen molar-refractivity contribution in [3.8, 4) is 0 Å². The van der Waals surface area contributed by atoms with Crippen molar-refractivity contribution in [1.29, 1.82) is 0 Å². The fourth-order valence-electron chi connectivity index (χ4n) is 1.02. The second kappa shape index (κ2) is 6.65. The van der Waals surface area contributed by atoms with E-state index in [9.17, 15) is 13.2 Å². The van der Waals surface area contributed by atoms with E-state index in [1.54, 1.807) is 0 Å². The molecule has 2 rings (SSSR count). The fraction of sp³-hybridized carbons (Fsp3) is 0.375. The summed E-state index contributed by atoms with van der Waals surface area (Å²) in [5.74, 6) is 0.483. The van der Waals surface area contributed by atoms with Gasteiger partial charge in [0.25, 0.3) is 0 Å². The van der Waals surface area contributed by atoms with Gasteiger partial charge < -0.3 is 5.32 Å². The zero-order valence-corrected chi connectivity index (χ0v) is 13.3. The molecule has 4 nitrogen and oxygen atoms in total. The standard InChI is InChI=1S/C8H5Cl2F3N4S3/c9-4-3(20-17-5(4)10)1-18-7-16-15-6(19-7)14-2-8(11,12)13/h1-2H2,(H,14,15). The number of hydrogen-bond acceptors (Lipinski definition) is 7. The van der Waals surface area contributed by atoms with E-state index in [4.69, 9.17) is 23.2 Å². The SMILES string of the molecule is FC(F)(F)CNc1nnc(SCc2snc(Cl)c2Cl)s1. The number of hydrogen-bond donors (Lipinski definition) is 1. The van der Waals surface area contributed by atoms with E-state index in [1.807, 2.05) is 0 Å². The van der Waals surface area contributed by atoms with Crippen molar-refractivity contribution in [2.45, 2.75) is 16.3 Å². The van der Waals surface area contributed by atoms with Gasteiger partial charge in [0.15, 0.2) is 9.49 Å². The Balaban J connectivity index is 1.88. The van der Waals surface area contributed by atoms with Gasteiger partial charge >= 0.3 is 6.18 Å². The topological polar surface area (TPSA) is 50.7 Å². The molecule has 0 saturated heterocycles. The summed E-state index contributed by atoms with van der Waals surface area (Å²) in [6.45, 7) is -1.14. The Hall–Kier alpha value is -0.290. The van der Waals surface area contributed by atoms with Crippen LogP contribution in [0.5, 0.6) is 0 Å². The molecule has 2 heterocycles. The van der Waals surface area contributed by atoms with Gasteiger partial charge in [-0.25, -0.2) is 0 Å². The van der Waals surface area contributed by atoms with Crippen molar-refractivity contribution in [2.24, 2.45) is 0 Å². The van der Waals surface area contributed by atoms with Crippen LogP contribution in [-0.2, 0) is 5.75 Å².